The van der Waals surface area contributed by atoms with Gasteiger partial charge in [-0.2, -0.15) is 0 Å². The predicted molar refractivity (Wildman–Crippen MR) is 137 cm³/mol. The van der Waals surface area contributed by atoms with E-state index in [9.17, 15) is 14.3 Å². The highest BCUT2D eigenvalue weighted by molar-refractivity contribution is 7.73. The van der Waals surface area contributed by atoms with Crippen LogP contribution < -0.4 is 10.6 Å². The molecule has 0 saturated heterocycles. The van der Waals surface area contributed by atoms with E-state index in [0.29, 0.717) is 22.6 Å². The fraction of sp³-hybridized carbons (Fsp3) is 0.222. The van der Waals surface area contributed by atoms with E-state index in [4.69, 9.17) is 15.3 Å². The summed E-state index contributed by atoms with van der Waals surface area (Å²) < 4.78 is 12.2. The monoisotopic (exact) mass is 484 g/mol. The minimum absolute atomic E-state index is 0.0718. The number of hydrogen-bond acceptors (Lipinski definition) is 4. The number of aliphatic hydroxyl groups excluding tert-OH is 2. The van der Waals surface area contributed by atoms with Crippen molar-refractivity contribution in [3.8, 4) is 0 Å². The van der Waals surface area contributed by atoms with Crippen molar-refractivity contribution in [3.05, 3.63) is 109 Å². The maximum atomic E-state index is 12.2. The maximum absolute atomic E-state index is 12.2. The zero-order chi connectivity index (χ0) is 25.6. The average Bonchev–Trinajstić information content (AvgIpc) is 2.84. The number of hydrogen-bond donors (Lipinski definition) is 4. The molecular formula is C27H33O6P. The molecule has 0 bridgehead atoms. The fourth-order valence-corrected chi connectivity index (χ4v) is 4.43. The molecule has 0 aliphatic heterocycles. The molecule has 0 aliphatic rings. The molecule has 6 nitrogen and oxygen atoms in total. The average molecular weight is 485 g/mol. The van der Waals surface area contributed by atoms with Crippen molar-refractivity contribution in [2.75, 3.05) is 0 Å². The van der Waals surface area contributed by atoms with E-state index in [0.717, 1.165) is 0 Å². The quantitative estimate of drug-likeness (QED) is 0.295. The van der Waals surface area contributed by atoms with Gasteiger partial charge in [-0.05, 0) is 56.7 Å². The molecular weight excluding hydrogens is 451 g/mol. The van der Waals surface area contributed by atoms with Crippen molar-refractivity contribution in [2.24, 2.45) is 5.92 Å². The first-order valence-corrected chi connectivity index (χ1v) is 12.5. The van der Waals surface area contributed by atoms with E-state index in [-0.39, 0.29) is 5.92 Å². The first kappa shape index (κ1) is 29.0. The second kappa shape index (κ2) is 15.0. The lowest BCUT2D eigenvalue weighted by Crippen LogP contribution is -2.26. The molecule has 3 rings (SSSR count). The summed E-state index contributed by atoms with van der Waals surface area (Å²) in [5.41, 5.74) is 0.331. The van der Waals surface area contributed by atoms with Gasteiger partial charge in [-0.25, -0.2) is 4.79 Å². The Balaban J connectivity index is 0.000000268. The van der Waals surface area contributed by atoms with Gasteiger partial charge in [0.05, 0.1) is 17.8 Å². The second-order valence-corrected chi connectivity index (χ2v) is 9.77. The van der Waals surface area contributed by atoms with Crippen molar-refractivity contribution >= 4 is 23.9 Å². The Morgan fingerprint density at radius 2 is 1.18 bits per heavy atom. The minimum atomic E-state index is -3.40. The van der Waals surface area contributed by atoms with Crippen LogP contribution in [0.25, 0.3) is 0 Å². The van der Waals surface area contributed by atoms with Gasteiger partial charge in [-0.15, -0.1) is 6.58 Å². The summed E-state index contributed by atoms with van der Waals surface area (Å²) >= 11 is 0. The van der Waals surface area contributed by atoms with Crippen molar-refractivity contribution in [1.29, 1.82) is 0 Å². The number of carboxylic acid groups (broad SMARTS) is 1. The highest BCUT2D eigenvalue weighted by Crippen LogP contribution is 2.37. The van der Waals surface area contributed by atoms with Crippen LogP contribution >= 0.6 is 7.37 Å². The smallest absolute Gasteiger partial charge is 0.335 e. The normalized spacial score (nSPS) is 13.1. The SMILES string of the molecule is C=CCC(C(C)O)C(C)O.O=C(O)c1ccccc1.O=P(O)(c1ccccc1)c1ccccc1. The Morgan fingerprint density at radius 1 is 0.824 bits per heavy atom. The molecule has 0 aliphatic carbocycles. The Labute approximate surface area is 201 Å². The van der Waals surface area contributed by atoms with E-state index in [1.807, 2.05) is 12.1 Å². The molecule has 0 saturated carbocycles. The van der Waals surface area contributed by atoms with Crippen molar-refractivity contribution in [3.63, 3.8) is 0 Å². The van der Waals surface area contributed by atoms with Crippen LogP contribution in [0.2, 0.25) is 0 Å². The first-order valence-electron chi connectivity index (χ1n) is 10.8. The van der Waals surface area contributed by atoms with Gasteiger partial charge >= 0.3 is 5.97 Å². The number of allylic oxidation sites excluding steroid dienone is 1. The number of benzene rings is 3. The summed E-state index contributed by atoms with van der Waals surface area (Å²) in [5, 5.41) is 27.5. The number of aliphatic hydroxyl groups is 2. The summed E-state index contributed by atoms with van der Waals surface area (Å²) in [6.07, 6.45) is 1.45. The highest BCUT2D eigenvalue weighted by Gasteiger charge is 2.22. The van der Waals surface area contributed by atoms with Crippen molar-refractivity contribution in [2.45, 2.75) is 32.5 Å². The lowest BCUT2D eigenvalue weighted by molar-refractivity contribution is 0.0335. The van der Waals surface area contributed by atoms with E-state index >= 15 is 0 Å². The zero-order valence-corrected chi connectivity index (χ0v) is 20.3. The lowest BCUT2D eigenvalue weighted by atomic mass is 9.94. The van der Waals surface area contributed by atoms with Crippen LogP contribution in [0, 0.1) is 5.92 Å². The number of rotatable bonds is 7. The fourth-order valence-electron chi connectivity index (χ4n) is 2.98. The van der Waals surface area contributed by atoms with E-state index in [1.165, 1.54) is 0 Å². The third-order valence-electron chi connectivity index (χ3n) is 4.91. The van der Waals surface area contributed by atoms with Gasteiger partial charge < -0.3 is 20.2 Å². The van der Waals surface area contributed by atoms with E-state index < -0.39 is 25.5 Å². The van der Waals surface area contributed by atoms with Crippen LogP contribution in [-0.4, -0.2) is 38.4 Å². The zero-order valence-electron chi connectivity index (χ0n) is 19.4. The first-order chi connectivity index (χ1) is 16.1. The molecule has 4 N–H and O–H groups in total. The summed E-state index contributed by atoms with van der Waals surface area (Å²) in [6.45, 7) is 6.91. The van der Waals surface area contributed by atoms with Gasteiger partial charge in [0, 0.05) is 16.5 Å². The van der Waals surface area contributed by atoms with Crippen molar-refractivity contribution < 1.29 is 29.6 Å². The summed E-state index contributed by atoms with van der Waals surface area (Å²) in [6, 6.07) is 25.7. The lowest BCUT2D eigenvalue weighted by Gasteiger charge is -2.20. The molecule has 3 aromatic rings. The summed E-state index contributed by atoms with van der Waals surface area (Å²) in [5.74, 6) is -0.951. The Kier molecular flexibility index (Phi) is 12.8. The molecule has 2 atom stereocenters. The van der Waals surface area contributed by atoms with E-state index in [1.54, 1.807) is 98.8 Å². The predicted octanol–water partition coefficient (Wildman–Crippen LogP) is 4.23. The molecule has 0 radical (unpaired) electrons. The van der Waals surface area contributed by atoms with Crippen LogP contribution in [0.4, 0.5) is 0 Å². The van der Waals surface area contributed by atoms with Crippen LogP contribution in [-0.2, 0) is 4.57 Å². The topological polar surface area (TPSA) is 115 Å². The molecule has 0 aromatic heterocycles. The van der Waals surface area contributed by atoms with Gasteiger partial charge in [-0.1, -0.05) is 60.7 Å². The van der Waals surface area contributed by atoms with Gasteiger partial charge in [-0.3, -0.25) is 4.57 Å². The number of carbonyl (C=O) groups is 1. The molecule has 0 fully saturated rings. The number of aromatic carboxylic acids is 1. The van der Waals surface area contributed by atoms with Crippen LogP contribution in [0.1, 0.15) is 30.6 Å². The molecule has 2 unspecified atom stereocenters. The molecule has 3 aromatic carbocycles. The van der Waals surface area contributed by atoms with Crippen LogP contribution in [0.15, 0.2) is 104 Å². The van der Waals surface area contributed by atoms with E-state index in [2.05, 4.69) is 6.58 Å². The maximum Gasteiger partial charge on any atom is 0.335 e. The molecule has 0 amide bonds. The van der Waals surface area contributed by atoms with Crippen molar-refractivity contribution in [1.82, 2.24) is 0 Å². The molecule has 0 heterocycles. The highest BCUT2D eigenvalue weighted by atomic mass is 31.2. The summed E-state index contributed by atoms with van der Waals surface area (Å²) in [4.78, 5) is 20.2. The number of carboxylic acids is 1. The van der Waals surface area contributed by atoms with Gasteiger partial charge in [0.15, 0.2) is 0 Å². The van der Waals surface area contributed by atoms with Crippen LogP contribution in [0.3, 0.4) is 0 Å². The molecule has 34 heavy (non-hydrogen) atoms. The van der Waals surface area contributed by atoms with Crippen LogP contribution in [0.5, 0.6) is 0 Å². The van der Waals surface area contributed by atoms with Gasteiger partial charge in [0.1, 0.15) is 0 Å². The second-order valence-electron chi connectivity index (χ2n) is 7.59. The summed E-state index contributed by atoms with van der Waals surface area (Å²) in [7, 11) is -3.40. The van der Waals surface area contributed by atoms with Gasteiger partial charge in [0.2, 0.25) is 0 Å². The standard InChI is InChI=1S/C12H11O2P.C8H16O2.C7H6O2/c13-15(14,11-7-3-1-4-8-11)12-9-5-2-6-10-12;1-4-5-8(6(2)9)7(3)10;8-7(9)6-4-2-1-3-5-6/h1-10H,(H,13,14);4,6-10H,1,5H2,2-3H3;1-5H,(H,8,9). The van der Waals surface area contributed by atoms with Gasteiger partial charge in [0.25, 0.3) is 7.37 Å². The third kappa shape index (κ3) is 9.86. The molecule has 182 valence electrons. The third-order valence-corrected chi connectivity index (χ3v) is 6.91. The Morgan fingerprint density at radius 3 is 1.41 bits per heavy atom. The Bertz CT molecular complexity index is 969. The molecule has 0 spiro atoms. The Hall–Kier alpha value is -3.02. The molecule has 7 heteroatoms. The largest absolute Gasteiger partial charge is 0.478 e. The minimum Gasteiger partial charge on any atom is -0.478 e.